The molecule has 4 nitrogen and oxygen atoms in total. The molecule has 1 atom stereocenters. The highest BCUT2D eigenvalue weighted by molar-refractivity contribution is 6.30. The average molecular weight is 468 g/mol. The zero-order valence-electron chi connectivity index (χ0n) is 19.9. The molecule has 4 rings (SSSR count). The fourth-order valence-corrected chi connectivity index (χ4v) is 4.99. The first kappa shape index (κ1) is 24.0. The Morgan fingerprint density at radius 3 is 2.48 bits per heavy atom. The van der Waals surface area contributed by atoms with Crippen LogP contribution in [0, 0.1) is 5.92 Å². The number of quaternary nitrogens is 1. The van der Waals surface area contributed by atoms with E-state index in [1.54, 1.807) is 0 Å². The maximum atomic E-state index is 6.40. The lowest BCUT2D eigenvalue weighted by atomic mass is 9.77. The van der Waals surface area contributed by atoms with Crippen molar-refractivity contribution in [3.8, 4) is 0 Å². The molecule has 0 N–H and O–H groups in total. The Labute approximate surface area is 203 Å². The summed E-state index contributed by atoms with van der Waals surface area (Å²) in [4.78, 5) is 4.78. The summed E-state index contributed by atoms with van der Waals surface area (Å²) in [6, 6.07) is 18.6. The van der Waals surface area contributed by atoms with Gasteiger partial charge in [-0.3, -0.25) is 0 Å². The van der Waals surface area contributed by atoms with Gasteiger partial charge >= 0.3 is 0 Å². The molecular weight excluding hydrogens is 432 g/mol. The monoisotopic (exact) mass is 467 g/mol. The number of rotatable bonds is 10. The molecule has 176 valence electrons. The molecule has 0 amide bonds. The molecule has 1 aliphatic rings. The smallest absolute Gasteiger partial charge is 0.202 e. The fourth-order valence-electron chi connectivity index (χ4n) is 4.87. The highest BCUT2D eigenvalue weighted by Crippen LogP contribution is 2.40. The normalized spacial score (nSPS) is 16.1. The minimum atomic E-state index is 0.249. The Hall–Kier alpha value is -2.14. The molecule has 33 heavy (non-hydrogen) atoms. The number of hydrogen-bond acceptors (Lipinski definition) is 3. The third-order valence-electron chi connectivity index (χ3n) is 6.72. The van der Waals surface area contributed by atoms with Crippen molar-refractivity contribution < 1.29 is 13.6 Å². The zero-order valence-corrected chi connectivity index (χ0v) is 20.6. The van der Waals surface area contributed by atoms with Gasteiger partial charge in [0.1, 0.15) is 13.1 Å². The summed E-state index contributed by atoms with van der Waals surface area (Å²) in [6.07, 6.45) is 8.40. The van der Waals surface area contributed by atoms with Crippen molar-refractivity contribution in [2.75, 3.05) is 27.2 Å². The molecule has 1 heterocycles. The van der Waals surface area contributed by atoms with E-state index in [2.05, 4.69) is 44.4 Å². The second-order valence-electron chi connectivity index (χ2n) is 9.95. The van der Waals surface area contributed by atoms with Crippen LogP contribution in [0.1, 0.15) is 60.8 Å². The van der Waals surface area contributed by atoms with Crippen LogP contribution in [-0.2, 0) is 17.9 Å². The van der Waals surface area contributed by atoms with Crippen LogP contribution in [0.5, 0.6) is 0 Å². The number of oxazole rings is 1. The first-order chi connectivity index (χ1) is 16.0. The van der Waals surface area contributed by atoms with E-state index in [1.807, 2.05) is 30.5 Å². The Bertz CT molecular complexity index is 979. The van der Waals surface area contributed by atoms with Gasteiger partial charge in [-0.2, -0.15) is 0 Å². The molecule has 5 heteroatoms. The first-order valence-corrected chi connectivity index (χ1v) is 12.5. The highest BCUT2D eigenvalue weighted by atomic mass is 35.5. The number of nitrogens with zero attached hydrogens (tertiary/aromatic N) is 2. The summed E-state index contributed by atoms with van der Waals surface area (Å²) in [5.41, 5.74) is 2.46. The summed E-state index contributed by atoms with van der Waals surface area (Å²) in [7, 11) is 4.42. The number of hydrogen-bond donors (Lipinski definition) is 0. The summed E-state index contributed by atoms with van der Waals surface area (Å²) >= 11 is 5.95. The van der Waals surface area contributed by atoms with Crippen LogP contribution in [0.3, 0.4) is 0 Å². The van der Waals surface area contributed by atoms with Crippen molar-refractivity contribution in [3.05, 3.63) is 88.6 Å². The van der Waals surface area contributed by atoms with E-state index in [-0.39, 0.29) is 5.92 Å². The first-order valence-electron chi connectivity index (χ1n) is 12.1. The van der Waals surface area contributed by atoms with Crippen molar-refractivity contribution in [1.82, 2.24) is 4.98 Å². The van der Waals surface area contributed by atoms with Crippen LogP contribution in [0.4, 0.5) is 0 Å². The lowest BCUT2D eigenvalue weighted by Crippen LogP contribution is -2.41. The van der Waals surface area contributed by atoms with E-state index in [0.717, 1.165) is 39.8 Å². The van der Waals surface area contributed by atoms with E-state index in [9.17, 15) is 0 Å². The van der Waals surface area contributed by atoms with Crippen molar-refractivity contribution in [2.24, 2.45) is 5.92 Å². The maximum Gasteiger partial charge on any atom is 0.202 e. The van der Waals surface area contributed by atoms with Gasteiger partial charge in [0.2, 0.25) is 5.89 Å². The summed E-state index contributed by atoms with van der Waals surface area (Å²) in [5, 5.41) is 0.751. The standard InChI is InChI=1S/C28H36ClN2O2/c1-31(2,17-18-32-21-22-13-15-25(29)16-14-22)20-26-19-30-28(33-26)27(23-9-5-3-6-10-23)24-11-7-4-8-12-24/h3,5-6,9-10,13-16,19,24,27H,4,7-8,11-12,17-18,20-21H2,1-2H3/q+1/t27-/m1/s1. The van der Waals surface area contributed by atoms with Crippen molar-refractivity contribution in [2.45, 2.75) is 51.2 Å². The number of halogens is 1. The van der Waals surface area contributed by atoms with Crippen LogP contribution < -0.4 is 0 Å². The van der Waals surface area contributed by atoms with E-state index in [4.69, 9.17) is 25.7 Å². The van der Waals surface area contributed by atoms with Crippen LogP contribution in [0.2, 0.25) is 5.02 Å². The Morgan fingerprint density at radius 2 is 1.76 bits per heavy atom. The molecule has 0 aliphatic heterocycles. The quantitative estimate of drug-likeness (QED) is 0.242. The predicted octanol–water partition coefficient (Wildman–Crippen LogP) is 6.83. The van der Waals surface area contributed by atoms with Gasteiger partial charge in [0.15, 0.2) is 5.76 Å². The number of likely N-dealkylation sites (N-methyl/N-ethyl adjacent to an activating group) is 1. The van der Waals surface area contributed by atoms with E-state index >= 15 is 0 Å². The Morgan fingerprint density at radius 1 is 1.03 bits per heavy atom. The molecule has 0 bridgehead atoms. The van der Waals surface area contributed by atoms with Gasteiger partial charge in [-0.25, -0.2) is 4.98 Å². The third-order valence-corrected chi connectivity index (χ3v) is 6.98. The maximum absolute atomic E-state index is 6.40. The molecule has 1 fully saturated rings. The van der Waals surface area contributed by atoms with Crippen molar-refractivity contribution >= 4 is 11.6 Å². The second kappa shape index (κ2) is 11.3. The van der Waals surface area contributed by atoms with E-state index < -0.39 is 0 Å². The topological polar surface area (TPSA) is 35.3 Å². The van der Waals surface area contributed by atoms with Crippen LogP contribution >= 0.6 is 11.6 Å². The molecule has 0 spiro atoms. The van der Waals surface area contributed by atoms with Gasteiger partial charge in [-0.05, 0) is 42.0 Å². The Kier molecular flexibility index (Phi) is 8.24. The number of aromatic nitrogens is 1. The highest BCUT2D eigenvalue weighted by Gasteiger charge is 2.31. The van der Waals surface area contributed by atoms with Crippen LogP contribution in [-0.4, -0.2) is 36.7 Å². The third kappa shape index (κ3) is 6.92. The van der Waals surface area contributed by atoms with Gasteiger partial charge in [-0.15, -0.1) is 0 Å². The molecule has 3 aromatic rings. The van der Waals surface area contributed by atoms with Gasteiger partial charge in [0, 0.05) is 5.02 Å². The lowest BCUT2D eigenvalue weighted by molar-refractivity contribution is -0.905. The molecule has 0 unspecified atom stereocenters. The zero-order chi connectivity index (χ0) is 23.1. The van der Waals surface area contributed by atoms with Gasteiger partial charge in [0.05, 0.1) is 39.4 Å². The average Bonchev–Trinajstić information content (AvgIpc) is 3.26. The molecule has 1 saturated carbocycles. The predicted molar refractivity (Wildman–Crippen MR) is 133 cm³/mol. The Balaban J connectivity index is 1.36. The molecule has 0 radical (unpaired) electrons. The summed E-state index contributed by atoms with van der Waals surface area (Å²) < 4.78 is 13.1. The number of benzene rings is 2. The summed E-state index contributed by atoms with van der Waals surface area (Å²) in [5.74, 6) is 2.68. The number of ether oxygens (including phenoxy) is 1. The SMILES string of the molecule is C[N+](C)(CCOCc1ccc(Cl)cc1)Cc1cnc([C@H](c2ccccc2)C2CCCCC2)o1. The van der Waals surface area contributed by atoms with Crippen molar-refractivity contribution in [1.29, 1.82) is 0 Å². The molecule has 2 aromatic carbocycles. The van der Waals surface area contributed by atoms with Crippen LogP contribution in [0.25, 0.3) is 0 Å². The van der Waals surface area contributed by atoms with Gasteiger partial charge in [-0.1, -0.05) is 73.3 Å². The van der Waals surface area contributed by atoms with E-state index in [0.29, 0.717) is 19.1 Å². The molecular formula is C28H36ClN2O2+. The van der Waals surface area contributed by atoms with E-state index in [1.165, 1.54) is 37.7 Å². The van der Waals surface area contributed by atoms with Gasteiger partial charge < -0.3 is 13.6 Å². The lowest BCUT2D eigenvalue weighted by Gasteiger charge is -2.29. The minimum Gasteiger partial charge on any atom is -0.439 e. The molecule has 1 aromatic heterocycles. The molecule has 0 saturated heterocycles. The van der Waals surface area contributed by atoms with Crippen molar-refractivity contribution in [3.63, 3.8) is 0 Å². The van der Waals surface area contributed by atoms with Gasteiger partial charge in [0.25, 0.3) is 0 Å². The van der Waals surface area contributed by atoms with Crippen LogP contribution in [0.15, 0.2) is 65.2 Å². The summed E-state index contributed by atoms with van der Waals surface area (Å²) in [6.45, 7) is 2.98. The largest absolute Gasteiger partial charge is 0.439 e. The minimum absolute atomic E-state index is 0.249. The second-order valence-corrected chi connectivity index (χ2v) is 10.4. The fraction of sp³-hybridized carbons (Fsp3) is 0.464. The molecule has 1 aliphatic carbocycles.